The summed E-state index contributed by atoms with van der Waals surface area (Å²) in [7, 11) is 0. The summed E-state index contributed by atoms with van der Waals surface area (Å²) in [4.78, 5) is 4.95. The van der Waals surface area contributed by atoms with Crippen LogP contribution < -0.4 is 10.6 Å². The van der Waals surface area contributed by atoms with Gasteiger partial charge < -0.3 is 10.6 Å². The number of piperazine rings is 1. The van der Waals surface area contributed by atoms with Crippen LogP contribution in [0.1, 0.15) is 5.56 Å². The van der Waals surface area contributed by atoms with E-state index in [-0.39, 0.29) is 0 Å². The van der Waals surface area contributed by atoms with Crippen molar-refractivity contribution in [1.82, 2.24) is 4.90 Å². The van der Waals surface area contributed by atoms with Crippen molar-refractivity contribution in [3.05, 3.63) is 58.6 Å². The molecule has 1 aliphatic heterocycles. The molecule has 2 aromatic carbocycles. The summed E-state index contributed by atoms with van der Waals surface area (Å²) in [6.45, 7) is 5.36. The van der Waals surface area contributed by atoms with Crippen LogP contribution in [0, 0.1) is 0 Å². The smallest absolute Gasteiger partial charge is 0.0367 e. The van der Waals surface area contributed by atoms with Crippen molar-refractivity contribution < 1.29 is 0 Å². The van der Waals surface area contributed by atoms with E-state index in [1.54, 1.807) is 0 Å². The lowest BCUT2D eigenvalue weighted by Gasteiger charge is -2.36. The minimum absolute atomic E-state index is 0.832. The second-order valence-electron chi connectivity index (χ2n) is 5.48. The average Bonchev–Trinajstić information content (AvgIpc) is 2.51. The Bertz CT molecular complexity index is 572. The van der Waals surface area contributed by atoms with Gasteiger partial charge in [0, 0.05) is 48.6 Å². The molecular weight excluding hydrogens is 326 g/mol. The predicted molar refractivity (Wildman–Crippen MR) is 92.5 cm³/mol. The van der Waals surface area contributed by atoms with Gasteiger partial charge in [0.05, 0.1) is 0 Å². The number of nitrogens with zero attached hydrogens (tertiary/aromatic N) is 2. The normalized spacial score (nSPS) is 16.1. The van der Waals surface area contributed by atoms with E-state index in [1.165, 1.54) is 11.3 Å². The van der Waals surface area contributed by atoms with E-state index in [9.17, 15) is 0 Å². The second kappa shape index (κ2) is 6.50. The van der Waals surface area contributed by atoms with Crippen LogP contribution in [0.25, 0.3) is 0 Å². The monoisotopic (exact) mass is 345 g/mol. The third kappa shape index (κ3) is 3.77. The average molecular weight is 346 g/mol. The lowest BCUT2D eigenvalue weighted by Crippen LogP contribution is -2.45. The molecule has 4 heteroatoms. The van der Waals surface area contributed by atoms with Crippen molar-refractivity contribution in [2.45, 2.75) is 6.54 Å². The SMILES string of the molecule is Nc1ccc(CN2CCN(c3ccc(Br)cc3)CC2)cc1. The number of rotatable bonds is 3. The lowest BCUT2D eigenvalue weighted by molar-refractivity contribution is 0.250. The molecule has 0 radical (unpaired) electrons. The van der Waals surface area contributed by atoms with Gasteiger partial charge in [-0.3, -0.25) is 4.90 Å². The fraction of sp³-hybridized carbons (Fsp3) is 0.294. The fourth-order valence-corrected chi connectivity index (χ4v) is 2.96. The van der Waals surface area contributed by atoms with E-state index in [4.69, 9.17) is 5.73 Å². The number of anilines is 2. The molecule has 1 saturated heterocycles. The molecule has 0 bridgehead atoms. The Balaban J connectivity index is 1.55. The molecule has 0 atom stereocenters. The Morgan fingerprint density at radius 2 is 1.48 bits per heavy atom. The highest BCUT2D eigenvalue weighted by molar-refractivity contribution is 9.10. The number of hydrogen-bond acceptors (Lipinski definition) is 3. The van der Waals surface area contributed by atoms with E-state index >= 15 is 0 Å². The molecule has 1 heterocycles. The first-order valence-corrected chi connectivity index (χ1v) is 8.07. The van der Waals surface area contributed by atoms with E-state index in [0.717, 1.165) is 42.9 Å². The van der Waals surface area contributed by atoms with Crippen molar-refractivity contribution in [3.8, 4) is 0 Å². The predicted octanol–water partition coefficient (Wildman–Crippen LogP) is 3.35. The van der Waals surface area contributed by atoms with Crippen LogP contribution in [-0.2, 0) is 6.54 Å². The topological polar surface area (TPSA) is 32.5 Å². The summed E-state index contributed by atoms with van der Waals surface area (Å²) < 4.78 is 1.13. The number of benzene rings is 2. The van der Waals surface area contributed by atoms with Crippen molar-refractivity contribution >= 4 is 27.3 Å². The highest BCUT2D eigenvalue weighted by atomic mass is 79.9. The maximum atomic E-state index is 5.73. The van der Waals surface area contributed by atoms with Gasteiger partial charge in [-0.25, -0.2) is 0 Å². The first-order chi connectivity index (χ1) is 10.2. The van der Waals surface area contributed by atoms with Crippen molar-refractivity contribution in [1.29, 1.82) is 0 Å². The largest absolute Gasteiger partial charge is 0.399 e. The van der Waals surface area contributed by atoms with E-state index in [2.05, 4.69) is 62.1 Å². The number of halogens is 1. The summed E-state index contributed by atoms with van der Waals surface area (Å²) in [5.74, 6) is 0. The van der Waals surface area contributed by atoms with Crippen LogP contribution in [0.3, 0.4) is 0 Å². The third-order valence-electron chi connectivity index (χ3n) is 3.95. The molecule has 3 nitrogen and oxygen atoms in total. The summed E-state index contributed by atoms with van der Waals surface area (Å²) in [6, 6.07) is 16.8. The van der Waals surface area contributed by atoms with Gasteiger partial charge in [0.25, 0.3) is 0 Å². The Kier molecular flexibility index (Phi) is 4.46. The van der Waals surface area contributed by atoms with E-state index < -0.39 is 0 Å². The Labute approximate surface area is 134 Å². The molecule has 0 aliphatic carbocycles. The molecule has 1 aliphatic rings. The summed E-state index contributed by atoms with van der Waals surface area (Å²) >= 11 is 3.49. The zero-order valence-corrected chi connectivity index (χ0v) is 13.6. The third-order valence-corrected chi connectivity index (χ3v) is 4.48. The van der Waals surface area contributed by atoms with Gasteiger partial charge in [0.15, 0.2) is 0 Å². The first-order valence-electron chi connectivity index (χ1n) is 7.28. The standard InChI is InChI=1S/C17H20BrN3/c18-15-3-7-17(8-4-15)21-11-9-20(10-12-21)13-14-1-5-16(19)6-2-14/h1-8H,9-13,19H2. The molecule has 0 unspecified atom stereocenters. The molecular formula is C17H20BrN3. The van der Waals surface area contributed by atoms with Gasteiger partial charge in [-0.05, 0) is 42.0 Å². The zero-order chi connectivity index (χ0) is 14.7. The van der Waals surface area contributed by atoms with Crippen LogP contribution in [0.5, 0.6) is 0 Å². The van der Waals surface area contributed by atoms with Gasteiger partial charge in [-0.2, -0.15) is 0 Å². The zero-order valence-electron chi connectivity index (χ0n) is 12.0. The van der Waals surface area contributed by atoms with E-state index in [1.807, 2.05) is 12.1 Å². The summed E-state index contributed by atoms with van der Waals surface area (Å²) in [5, 5.41) is 0. The first kappa shape index (κ1) is 14.4. The van der Waals surface area contributed by atoms with Gasteiger partial charge in [-0.15, -0.1) is 0 Å². The molecule has 21 heavy (non-hydrogen) atoms. The summed E-state index contributed by atoms with van der Waals surface area (Å²) in [6.07, 6.45) is 0. The van der Waals surface area contributed by atoms with Crippen molar-refractivity contribution in [2.24, 2.45) is 0 Å². The van der Waals surface area contributed by atoms with Crippen LogP contribution >= 0.6 is 15.9 Å². The van der Waals surface area contributed by atoms with Gasteiger partial charge in [0.1, 0.15) is 0 Å². The van der Waals surface area contributed by atoms with Gasteiger partial charge >= 0.3 is 0 Å². The van der Waals surface area contributed by atoms with Crippen molar-refractivity contribution in [2.75, 3.05) is 36.8 Å². The molecule has 0 saturated carbocycles. The Morgan fingerprint density at radius 3 is 2.10 bits per heavy atom. The molecule has 110 valence electrons. The van der Waals surface area contributed by atoms with E-state index in [0.29, 0.717) is 0 Å². The Hall–Kier alpha value is -1.52. The Morgan fingerprint density at radius 1 is 0.857 bits per heavy atom. The molecule has 0 amide bonds. The quantitative estimate of drug-likeness (QED) is 0.865. The minimum atomic E-state index is 0.832. The van der Waals surface area contributed by atoms with Crippen LogP contribution in [0.15, 0.2) is 53.0 Å². The highest BCUT2D eigenvalue weighted by Gasteiger charge is 2.17. The van der Waals surface area contributed by atoms with Crippen LogP contribution in [0.2, 0.25) is 0 Å². The molecule has 1 fully saturated rings. The minimum Gasteiger partial charge on any atom is -0.399 e. The molecule has 2 N–H and O–H groups in total. The molecule has 0 spiro atoms. The van der Waals surface area contributed by atoms with Crippen LogP contribution in [0.4, 0.5) is 11.4 Å². The molecule has 2 aromatic rings. The van der Waals surface area contributed by atoms with Gasteiger partial charge in [0.2, 0.25) is 0 Å². The molecule has 3 rings (SSSR count). The maximum Gasteiger partial charge on any atom is 0.0367 e. The van der Waals surface area contributed by atoms with Gasteiger partial charge in [-0.1, -0.05) is 28.1 Å². The molecule has 0 aromatic heterocycles. The highest BCUT2D eigenvalue weighted by Crippen LogP contribution is 2.20. The van der Waals surface area contributed by atoms with Crippen LogP contribution in [-0.4, -0.2) is 31.1 Å². The number of hydrogen-bond donors (Lipinski definition) is 1. The van der Waals surface area contributed by atoms with Crippen molar-refractivity contribution in [3.63, 3.8) is 0 Å². The summed E-state index contributed by atoms with van der Waals surface area (Å²) in [5.41, 5.74) is 9.21. The maximum absolute atomic E-state index is 5.73. The number of nitrogens with two attached hydrogens (primary N) is 1. The number of nitrogen functional groups attached to an aromatic ring is 1. The fourth-order valence-electron chi connectivity index (χ4n) is 2.70. The lowest BCUT2D eigenvalue weighted by atomic mass is 10.1. The second-order valence-corrected chi connectivity index (χ2v) is 6.40.